The zero-order chi connectivity index (χ0) is 13.9. The molecule has 1 fully saturated rings. The van der Waals surface area contributed by atoms with E-state index in [2.05, 4.69) is 30.8 Å². The summed E-state index contributed by atoms with van der Waals surface area (Å²) in [4.78, 5) is 15.1. The van der Waals surface area contributed by atoms with Crippen molar-refractivity contribution in [2.45, 2.75) is 31.8 Å². The number of hydrogen-bond donors (Lipinski definition) is 0. The van der Waals surface area contributed by atoms with Crippen LogP contribution in [-0.4, -0.2) is 24.4 Å². The molecule has 5 nitrogen and oxygen atoms in total. The van der Waals surface area contributed by atoms with E-state index in [-0.39, 0.29) is 11.3 Å². The Hall–Kier alpha value is -1.62. The highest BCUT2D eigenvalue weighted by Gasteiger charge is 2.36. The SMILES string of the molecule is CC(C)(c1ccccc1)C1COCC(O[N+](=O)[O-])C1. The summed E-state index contributed by atoms with van der Waals surface area (Å²) in [6, 6.07) is 10.2. The lowest BCUT2D eigenvalue weighted by atomic mass is 9.71. The van der Waals surface area contributed by atoms with Crippen LogP contribution in [0.1, 0.15) is 25.8 Å². The van der Waals surface area contributed by atoms with Gasteiger partial charge in [-0.05, 0) is 23.3 Å². The van der Waals surface area contributed by atoms with Crippen LogP contribution >= 0.6 is 0 Å². The molecule has 1 aromatic rings. The summed E-state index contributed by atoms with van der Waals surface area (Å²) in [6.07, 6.45) is 0.180. The van der Waals surface area contributed by atoms with Crippen LogP contribution in [0.3, 0.4) is 0 Å². The Morgan fingerprint density at radius 2 is 2.00 bits per heavy atom. The van der Waals surface area contributed by atoms with E-state index in [0.29, 0.717) is 19.6 Å². The summed E-state index contributed by atoms with van der Waals surface area (Å²) in [7, 11) is 0. The maximum Gasteiger partial charge on any atom is 0.294 e. The minimum atomic E-state index is -0.730. The van der Waals surface area contributed by atoms with E-state index in [4.69, 9.17) is 4.74 Å². The van der Waals surface area contributed by atoms with Crippen LogP contribution in [0.4, 0.5) is 0 Å². The van der Waals surface area contributed by atoms with Gasteiger partial charge in [0.25, 0.3) is 5.09 Å². The Bertz CT molecular complexity index is 432. The van der Waals surface area contributed by atoms with Gasteiger partial charge in [0.2, 0.25) is 0 Å². The lowest BCUT2D eigenvalue weighted by Gasteiger charge is -2.39. The molecule has 0 amide bonds. The molecule has 1 aliphatic rings. The molecule has 5 heteroatoms. The van der Waals surface area contributed by atoms with Crippen LogP contribution in [0.2, 0.25) is 0 Å². The molecule has 19 heavy (non-hydrogen) atoms. The molecule has 0 radical (unpaired) electrons. The number of benzene rings is 1. The van der Waals surface area contributed by atoms with Gasteiger partial charge in [0, 0.05) is 0 Å². The normalized spacial score (nSPS) is 23.9. The highest BCUT2D eigenvalue weighted by Crippen LogP contribution is 2.37. The van der Waals surface area contributed by atoms with Crippen molar-refractivity contribution in [1.82, 2.24) is 0 Å². The third-order valence-corrected chi connectivity index (χ3v) is 3.94. The van der Waals surface area contributed by atoms with Gasteiger partial charge in [0.05, 0.1) is 13.2 Å². The fourth-order valence-electron chi connectivity index (χ4n) is 2.60. The van der Waals surface area contributed by atoms with Gasteiger partial charge in [-0.1, -0.05) is 44.2 Å². The number of ether oxygens (including phenoxy) is 1. The molecule has 0 N–H and O–H groups in total. The topological polar surface area (TPSA) is 61.6 Å². The van der Waals surface area contributed by atoms with Crippen molar-refractivity contribution in [3.8, 4) is 0 Å². The highest BCUT2D eigenvalue weighted by atomic mass is 17.0. The predicted molar refractivity (Wildman–Crippen MR) is 70.3 cm³/mol. The van der Waals surface area contributed by atoms with Gasteiger partial charge >= 0.3 is 0 Å². The van der Waals surface area contributed by atoms with Crippen molar-refractivity contribution in [3.05, 3.63) is 46.0 Å². The Kier molecular flexibility index (Phi) is 4.04. The highest BCUT2D eigenvalue weighted by molar-refractivity contribution is 5.24. The molecule has 1 aliphatic heterocycles. The van der Waals surface area contributed by atoms with Gasteiger partial charge in [0.15, 0.2) is 0 Å². The Morgan fingerprint density at radius 3 is 2.63 bits per heavy atom. The first-order valence-corrected chi connectivity index (χ1v) is 6.44. The lowest BCUT2D eigenvalue weighted by molar-refractivity contribution is -0.770. The standard InChI is InChI=1S/C14H19NO4/c1-14(2,11-6-4-3-5-7-11)12-8-13(10-18-9-12)19-15(16)17/h3-7,12-13H,8-10H2,1-2H3. The van der Waals surface area contributed by atoms with E-state index in [1.807, 2.05) is 18.2 Å². The van der Waals surface area contributed by atoms with Crippen molar-refractivity contribution in [1.29, 1.82) is 0 Å². The molecule has 0 aliphatic carbocycles. The molecular formula is C14H19NO4. The largest absolute Gasteiger partial charge is 0.379 e. The van der Waals surface area contributed by atoms with Gasteiger partial charge in [-0.15, -0.1) is 10.1 Å². The summed E-state index contributed by atoms with van der Waals surface area (Å²) < 4.78 is 5.47. The monoisotopic (exact) mass is 265 g/mol. The Balaban J connectivity index is 2.10. The second kappa shape index (κ2) is 5.57. The minimum absolute atomic E-state index is 0.0973. The second-order valence-electron chi connectivity index (χ2n) is 5.51. The zero-order valence-electron chi connectivity index (χ0n) is 11.2. The van der Waals surface area contributed by atoms with Gasteiger partial charge in [0.1, 0.15) is 6.10 Å². The number of rotatable bonds is 4. The van der Waals surface area contributed by atoms with Crippen LogP contribution < -0.4 is 0 Å². The van der Waals surface area contributed by atoms with Gasteiger partial charge < -0.3 is 9.57 Å². The first-order valence-electron chi connectivity index (χ1n) is 6.44. The molecular weight excluding hydrogens is 246 g/mol. The van der Waals surface area contributed by atoms with Crippen LogP contribution in [0.5, 0.6) is 0 Å². The van der Waals surface area contributed by atoms with E-state index in [1.54, 1.807) is 0 Å². The molecule has 2 unspecified atom stereocenters. The van der Waals surface area contributed by atoms with Crippen molar-refractivity contribution in [3.63, 3.8) is 0 Å². The van der Waals surface area contributed by atoms with Gasteiger partial charge in [-0.2, -0.15) is 0 Å². The summed E-state index contributed by atoms with van der Waals surface area (Å²) in [5, 5.41) is 9.69. The van der Waals surface area contributed by atoms with E-state index in [9.17, 15) is 10.1 Å². The first kappa shape index (κ1) is 13.8. The zero-order valence-corrected chi connectivity index (χ0v) is 11.2. The fraction of sp³-hybridized carbons (Fsp3) is 0.571. The quantitative estimate of drug-likeness (QED) is 0.620. The number of nitrogens with zero attached hydrogens (tertiary/aromatic N) is 1. The molecule has 2 rings (SSSR count). The first-order chi connectivity index (χ1) is 9.00. The molecule has 0 saturated carbocycles. The molecule has 104 valence electrons. The van der Waals surface area contributed by atoms with Crippen LogP contribution in [0.15, 0.2) is 30.3 Å². The molecule has 0 spiro atoms. The molecule has 1 aromatic carbocycles. The lowest BCUT2D eigenvalue weighted by Crippen LogP contribution is -2.41. The smallest absolute Gasteiger partial charge is 0.294 e. The van der Waals surface area contributed by atoms with Crippen LogP contribution in [-0.2, 0) is 15.0 Å². The van der Waals surface area contributed by atoms with E-state index in [1.165, 1.54) is 5.56 Å². The van der Waals surface area contributed by atoms with Gasteiger partial charge in [-0.25, -0.2) is 0 Å². The van der Waals surface area contributed by atoms with Crippen LogP contribution in [0, 0.1) is 16.0 Å². The fourth-order valence-corrected chi connectivity index (χ4v) is 2.60. The predicted octanol–water partition coefficient (Wildman–Crippen LogP) is 2.58. The van der Waals surface area contributed by atoms with Crippen molar-refractivity contribution in [2.75, 3.05) is 13.2 Å². The van der Waals surface area contributed by atoms with Gasteiger partial charge in [-0.3, -0.25) is 0 Å². The molecule has 2 atom stereocenters. The maximum absolute atomic E-state index is 10.4. The molecule has 0 bridgehead atoms. The summed E-state index contributed by atoms with van der Waals surface area (Å²) >= 11 is 0. The van der Waals surface area contributed by atoms with Crippen molar-refractivity contribution in [2.24, 2.45) is 5.92 Å². The average molecular weight is 265 g/mol. The molecule has 1 saturated heterocycles. The third kappa shape index (κ3) is 3.23. The minimum Gasteiger partial charge on any atom is -0.379 e. The summed E-state index contributed by atoms with van der Waals surface area (Å²) in [6.45, 7) is 5.19. The Labute approximate surface area is 112 Å². The Morgan fingerprint density at radius 1 is 1.32 bits per heavy atom. The summed E-state index contributed by atoms with van der Waals surface area (Å²) in [5.41, 5.74) is 1.12. The maximum atomic E-state index is 10.4. The second-order valence-corrected chi connectivity index (χ2v) is 5.51. The molecule has 0 aromatic heterocycles. The van der Waals surface area contributed by atoms with E-state index < -0.39 is 11.2 Å². The number of hydrogen-bond acceptors (Lipinski definition) is 4. The van der Waals surface area contributed by atoms with E-state index in [0.717, 1.165) is 0 Å². The third-order valence-electron chi connectivity index (χ3n) is 3.94. The average Bonchev–Trinajstić information content (AvgIpc) is 2.39. The van der Waals surface area contributed by atoms with Crippen molar-refractivity contribution >= 4 is 0 Å². The summed E-state index contributed by atoms with van der Waals surface area (Å²) in [5.74, 6) is 0.202. The van der Waals surface area contributed by atoms with E-state index >= 15 is 0 Å². The molecule has 1 heterocycles. The van der Waals surface area contributed by atoms with Crippen LogP contribution in [0.25, 0.3) is 0 Å². The van der Waals surface area contributed by atoms with Crippen molar-refractivity contribution < 1.29 is 14.7 Å².